The molecular formula is C24H33N5O3. The maximum atomic E-state index is 12.6. The molecule has 2 N–H and O–H groups in total. The minimum Gasteiger partial charge on any atom is -0.396 e. The highest BCUT2D eigenvalue weighted by Gasteiger charge is 2.39. The van der Waals surface area contributed by atoms with E-state index in [-0.39, 0.29) is 24.0 Å². The van der Waals surface area contributed by atoms with E-state index in [2.05, 4.69) is 18.4 Å². The summed E-state index contributed by atoms with van der Waals surface area (Å²) >= 11 is 0. The van der Waals surface area contributed by atoms with Gasteiger partial charge in [0.05, 0.1) is 24.5 Å². The van der Waals surface area contributed by atoms with Crippen LogP contribution in [-0.2, 0) is 14.3 Å². The van der Waals surface area contributed by atoms with Crippen molar-refractivity contribution in [3.63, 3.8) is 0 Å². The van der Waals surface area contributed by atoms with Crippen molar-refractivity contribution in [2.45, 2.75) is 50.7 Å². The van der Waals surface area contributed by atoms with E-state index in [1.54, 1.807) is 4.90 Å². The normalized spacial score (nSPS) is 26.2. The van der Waals surface area contributed by atoms with E-state index in [9.17, 15) is 9.59 Å². The molecule has 1 unspecified atom stereocenters. The zero-order chi connectivity index (χ0) is 22.4. The molecule has 8 nitrogen and oxygen atoms in total. The maximum absolute atomic E-state index is 12.6. The minimum atomic E-state index is -0.223. The third-order valence-electron chi connectivity index (χ3n) is 7.09. The molecule has 1 aromatic rings. The number of carbonyl (C=O) groups is 2. The third kappa shape index (κ3) is 4.08. The number of nitrogen functional groups attached to an aromatic ring is 1. The summed E-state index contributed by atoms with van der Waals surface area (Å²) in [6.07, 6.45) is 5.43. The summed E-state index contributed by atoms with van der Waals surface area (Å²) in [5, 5.41) is 0. The number of hydrogen-bond donors (Lipinski definition) is 1. The summed E-state index contributed by atoms with van der Waals surface area (Å²) in [6.45, 7) is 9.46. The van der Waals surface area contributed by atoms with Gasteiger partial charge >= 0.3 is 0 Å². The Kier molecular flexibility index (Phi) is 5.57. The molecule has 1 aromatic heterocycles. The first kappa shape index (κ1) is 21.2. The van der Waals surface area contributed by atoms with Gasteiger partial charge < -0.3 is 25.2 Å². The molecule has 2 amide bonds. The Labute approximate surface area is 189 Å². The van der Waals surface area contributed by atoms with Gasteiger partial charge in [-0.2, -0.15) is 0 Å². The number of nitrogens with zero attached hydrogens (tertiary/aromatic N) is 4. The van der Waals surface area contributed by atoms with Crippen molar-refractivity contribution in [2.24, 2.45) is 5.92 Å². The molecule has 3 heterocycles. The lowest BCUT2D eigenvalue weighted by atomic mass is 10.0. The summed E-state index contributed by atoms with van der Waals surface area (Å²) < 4.78 is 6.05. The van der Waals surface area contributed by atoms with Crippen molar-refractivity contribution < 1.29 is 14.3 Å². The Morgan fingerprint density at radius 3 is 2.62 bits per heavy atom. The van der Waals surface area contributed by atoms with E-state index >= 15 is 0 Å². The molecule has 5 rings (SSSR count). The van der Waals surface area contributed by atoms with Gasteiger partial charge in [-0.05, 0) is 44.7 Å². The number of morpholine rings is 1. The molecule has 0 aromatic carbocycles. The number of nitrogens with two attached hydrogens (primary N) is 1. The molecule has 0 radical (unpaired) electrons. The molecule has 8 heteroatoms. The zero-order valence-corrected chi connectivity index (χ0v) is 18.8. The van der Waals surface area contributed by atoms with E-state index in [0.29, 0.717) is 43.8 Å². The van der Waals surface area contributed by atoms with Gasteiger partial charge in [0.25, 0.3) is 0 Å². The third-order valence-corrected chi connectivity index (χ3v) is 7.09. The van der Waals surface area contributed by atoms with Crippen LogP contribution in [0.2, 0.25) is 0 Å². The van der Waals surface area contributed by atoms with E-state index in [1.165, 1.54) is 6.08 Å². The van der Waals surface area contributed by atoms with E-state index in [4.69, 9.17) is 15.5 Å². The molecule has 172 valence electrons. The highest BCUT2D eigenvalue weighted by molar-refractivity contribution is 5.87. The highest BCUT2D eigenvalue weighted by atomic mass is 16.5. The molecule has 2 saturated heterocycles. The number of rotatable bonds is 5. The van der Waals surface area contributed by atoms with Gasteiger partial charge in [-0.15, -0.1) is 0 Å². The first-order chi connectivity index (χ1) is 15.5. The van der Waals surface area contributed by atoms with Crippen LogP contribution >= 0.6 is 0 Å². The second kappa shape index (κ2) is 8.39. The number of anilines is 2. The van der Waals surface area contributed by atoms with Crippen molar-refractivity contribution in [1.29, 1.82) is 0 Å². The first-order valence-electron chi connectivity index (χ1n) is 11.8. The second-order valence-corrected chi connectivity index (χ2v) is 9.60. The summed E-state index contributed by atoms with van der Waals surface area (Å²) in [6, 6.07) is 2.15. The number of hydrogen-bond acceptors (Lipinski definition) is 6. The topological polar surface area (TPSA) is 92.0 Å². The SMILES string of the molecule is C=CC(=O)N1CCOC(c2cc(N)c(N3CCN(C(=O)C4CC4)[C@H](C)C3)nc2C2CC2)C1. The smallest absolute Gasteiger partial charge is 0.246 e. The van der Waals surface area contributed by atoms with Gasteiger partial charge in [0.1, 0.15) is 6.10 Å². The Bertz CT molecular complexity index is 926. The molecule has 0 spiro atoms. The average molecular weight is 440 g/mol. The highest BCUT2D eigenvalue weighted by Crippen LogP contribution is 2.45. The summed E-state index contributed by atoms with van der Waals surface area (Å²) in [5.41, 5.74) is 9.22. The standard InChI is InChI=1S/C24H33N5O3/c1-3-21(30)27-10-11-32-20(14-27)18-12-19(25)23(26-22(18)16-4-5-16)28-8-9-29(15(2)13-28)24(31)17-6-7-17/h3,12,15-17,20H,1,4-11,13-14,25H2,2H3/t15-,20?/m1/s1. The first-order valence-corrected chi connectivity index (χ1v) is 11.8. The van der Waals surface area contributed by atoms with Crippen LogP contribution in [0.3, 0.4) is 0 Å². The van der Waals surface area contributed by atoms with Gasteiger partial charge in [-0.3, -0.25) is 9.59 Å². The Morgan fingerprint density at radius 2 is 1.97 bits per heavy atom. The second-order valence-electron chi connectivity index (χ2n) is 9.60. The van der Waals surface area contributed by atoms with Crippen molar-refractivity contribution >= 4 is 23.3 Å². The van der Waals surface area contributed by atoms with Gasteiger partial charge in [0.15, 0.2) is 5.82 Å². The molecule has 4 fully saturated rings. The Hall–Kier alpha value is -2.61. The molecule has 2 aliphatic heterocycles. The molecule has 4 aliphatic rings. The molecule has 2 atom stereocenters. The number of amides is 2. The number of aromatic nitrogens is 1. The fourth-order valence-corrected chi connectivity index (χ4v) is 4.95. The lowest BCUT2D eigenvalue weighted by molar-refractivity contribution is -0.135. The number of piperazine rings is 1. The average Bonchev–Trinajstić information content (AvgIpc) is 3.71. The van der Waals surface area contributed by atoms with E-state index < -0.39 is 0 Å². The lowest BCUT2D eigenvalue weighted by Gasteiger charge is -2.41. The van der Waals surface area contributed by atoms with Gasteiger partial charge in [0.2, 0.25) is 11.8 Å². The minimum absolute atomic E-state index is 0.0728. The van der Waals surface area contributed by atoms with Crippen LogP contribution in [0.25, 0.3) is 0 Å². The summed E-state index contributed by atoms with van der Waals surface area (Å²) in [4.78, 5) is 35.8. The Balaban J connectivity index is 1.37. The molecule has 2 saturated carbocycles. The largest absolute Gasteiger partial charge is 0.396 e. The Morgan fingerprint density at radius 1 is 1.19 bits per heavy atom. The van der Waals surface area contributed by atoms with Crippen LogP contribution < -0.4 is 10.6 Å². The number of ether oxygens (including phenoxy) is 1. The monoisotopic (exact) mass is 439 g/mol. The van der Waals surface area contributed by atoms with Crippen LogP contribution in [0.5, 0.6) is 0 Å². The number of carbonyl (C=O) groups excluding carboxylic acids is 2. The van der Waals surface area contributed by atoms with Crippen molar-refractivity contribution in [1.82, 2.24) is 14.8 Å². The molecule has 0 bridgehead atoms. The fourth-order valence-electron chi connectivity index (χ4n) is 4.95. The molecular weight excluding hydrogens is 406 g/mol. The van der Waals surface area contributed by atoms with Crippen molar-refractivity contribution in [2.75, 3.05) is 50.0 Å². The maximum Gasteiger partial charge on any atom is 0.246 e. The van der Waals surface area contributed by atoms with Crippen LogP contribution in [0, 0.1) is 5.92 Å². The van der Waals surface area contributed by atoms with Crippen LogP contribution in [-0.4, -0.2) is 72.0 Å². The lowest BCUT2D eigenvalue weighted by Crippen LogP contribution is -2.54. The quantitative estimate of drug-likeness (QED) is 0.707. The van der Waals surface area contributed by atoms with Crippen molar-refractivity contribution in [3.05, 3.63) is 30.0 Å². The predicted octanol–water partition coefficient (Wildman–Crippen LogP) is 2.07. The number of pyridine rings is 1. The van der Waals surface area contributed by atoms with Crippen LogP contribution in [0.15, 0.2) is 18.7 Å². The van der Waals surface area contributed by atoms with E-state index in [0.717, 1.165) is 55.8 Å². The van der Waals surface area contributed by atoms with E-state index in [1.807, 2.05) is 11.0 Å². The van der Waals surface area contributed by atoms with Gasteiger partial charge in [-0.25, -0.2) is 4.98 Å². The predicted molar refractivity (Wildman–Crippen MR) is 122 cm³/mol. The summed E-state index contributed by atoms with van der Waals surface area (Å²) in [7, 11) is 0. The van der Waals surface area contributed by atoms with Gasteiger partial charge in [-0.1, -0.05) is 6.58 Å². The molecule has 2 aliphatic carbocycles. The van der Waals surface area contributed by atoms with Gasteiger partial charge in [0, 0.05) is 49.6 Å². The van der Waals surface area contributed by atoms with Crippen molar-refractivity contribution in [3.8, 4) is 0 Å². The summed E-state index contributed by atoms with van der Waals surface area (Å²) in [5.74, 6) is 1.72. The van der Waals surface area contributed by atoms with Crippen LogP contribution in [0.1, 0.15) is 55.9 Å². The fraction of sp³-hybridized carbons (Fsp3) is 0.625. The molecule has 32 heavy (non-hydrogen) atoms. The van der Waals surface area contributed by atoms with Crippen LogP contribution in [0.4, 0.5) is 11.5 Å². The zero-order valence-electron chi connectivity index (χ0n) is 18.8.